The Morgan fingerprint density at radius 1 is 1.22 bits per heavy atom. The summed E-state index contributed by atoms with van der Waals surface area (Å²) >= 11 is 0. The van der Waals surface area contributed by atoms with Crippen LogP contribution in [-0.4, -0.2) is 16.6 Å². The first kappa shape index (κ1) is 14.7. The summed E-state index contributed by atoms with van der Waals surface area (Å²) in [6.07, 6.45) is 3.85. The lowest BCUT2D eigenvalue weighted by Crippen LogP contribution is -2.26. The molecular formula is C15H23NO2. The zero-order chi connectivity index (χ0) is 14.0. The van der Waals surface area contributed by atoms with Crippen molar-refractivity contribution in [3.63, 3.8) is 0 Å². The first-order valence-corrected chi connectivity index (χ1v) is 6.25. The molecule has 0 aliphatic carbocycles. The SMILES string of the molecule is CC(C)(C)OC(=O)Cc1ccncc1C(C)(C)C. The van der Waals surface area contributed by atoms with Gasteiger partial charge >= 0.3 is 5.97 Å². The molecule has 0 radical (unpaired) electrons. The van der Waals surface area contributed by atoms with Gasteiger partial charge in [-0.1, -0.05) is 20.8 Å². The Morgan fingerprint density at radius 3 is 2.33 bits per heavy atom. The predicted molar refractivity (Wildman–Crippen MR) is 72.5 cm³/mol. The van der Waals surface area contributed by atoms with Gasteiger partial charge in [0.15, 0.2) is 0 Å². The van der Waals surface area contributed by atoms with Gasteiger partial charge in [0, 0.05) is 12.4 Å². The van der Waals surface area contributed by atoms with Crippen molar-refractivity contribution in [2.75, 3.05) is 0 Å². The molecule has 1 heterocycles. The first-order valence-electron chi connectivity index (χ1n) is 6.25. The highest BCUT2D eigenvalue weighted by molar-refractivity contribution is 5.73. The molecule has 0 amide bonds. The van der Waals surface area contributed by atoms with E-state index in [1.165, 1.54) is 0 Å². The maximum Gasteiger partial charge on any atom is 0.310 e. The lowest BCUT2D eigenvalue weighted by atomic mass is 9.84. The van der Waals surface area contributed by atoms with Crippen LogP contribution < -0.4 is 0 Å². The van der Waals surface area contributed by atoms with E-state index in [-0.39, 0.29) is 11.4 Å². The second-order valence-corrected chi connectivity index (χ2v) is 6.55. The van der Waals surface area contributed by atoms with Crippen molar-refractivity contribution in [2.45, 2.75) is 59.0 Å². The van der Waals surface area contributed by atoms with Crippen LogP contribution in [0.15, 0.2) is 18.5 Å². The van der Waals surface area contributed by atoms with E-state index in [1.807, 2.05) is 33.0 Å². The molecule has 100 valence electrons. The number of hydrogen-bond acceptors (Lipinski definition) is 3. The highest BCUT2D eigenvalue weighted by Crippen LogP contribution is 2.25. The second kappa shape index (κ2) is 5.09. The normalized spacial score (nSPS) is 12.3. The molecule has 0 aliphatic rings. The molecule has 3 heteroatoms. The van der Waals surface area contributed by atoms with Crippen LogP contribution in [0.1, 0.15) is 52.7 Å². The predicted octanol–water partition coefficient (Wildman–Crippen LogP) is 3.26. The van der Waals surface area contributed by atoms with Gasteiger partial charge in [-0.15, -0.1) is 0 Å². The molecule has 18 heavy (non-hydrogen) atoms. The van der Waals surface area contributed by atoms with Crippen LogP contribution >= 0.6 is 0 Å². The summed E-state index contributed by atoms with van der Waals surface area (Å²) < 4.78 is 5.35. The molecular weight excluding hydrogens is 226 g/mol. The van der Waals surface area contributed by atoms with Gasteiger partial charge in [0.1, 0.15) is 5.60 Å². The minimum absolute atomic E-state index is 0.0222. The van der Waals surface area contributed by atoms with E-state index in [2.05, 4.69) is 25.8 Å². The summed E-state index contributed by atoms with van der Waals surface area (Å²) in [7, 11) is 0. The van der Waals surface area contributed by atoms with E-state index in [0.29, 0.717) is 6.42 Å². The zero-order valence-corrected chi connectivity index (χ0v) is 12.2. The molecule has 1 aromatic rings. The van der Waals surface area contributed by atoms with Gasteiger partial charge in [-0.25, -0.2) is 0 Å². The van der Waals surface area contributed by atoms with Crippen LogP contribution in [-0.2, 0) is 21.4 Å². The summed E-state index contributed by atoms with van der Waals surface area (Å²) in [5, 5.41) is 0. The Balaban J connectivity index is 2.89. The number of ether oxygens (including phenoxy) is 1. The Morgan fingerprint density at radius 2 is 1.83 bits per heavy atom. The number of esters is 1. The van der Waals surface area contributed by atoms with Gasteiger partial charge in [0.05, 0.1) is 6.42 Å². The van der Waals surface area contributed by atoms with Crippen LogP contribution in [0, 0.1) is 0 Å². The summed E-state index contributed by atoms with van der Waals surface area (Å²) in [6.45, 7) is 12.0. The number of rotatable bonds is 2. The molecule has 0 fully saturated rings. The van der Waals surface area contributed by atoms with Crippen molar-refractivity contribution in [2.24, 2.45) is 0 Å². The highest BCUT2D eigenvalue weighted by atomic mass is 16.6. The molecule has 1 aromatic heterocycles. The number of pyridine rings is 1. The maximum atomic E-state index is 11.9. The third-order valence-electron chi connectivity index (χ3n) is 2.47. The Labute approximate surface area is 110 Å². The Kier molecular flexibility index (Phi) is 4.15. The third-order valence-corrected chi connectivity index (χ3v) is 2.47. The van der Waals surface area contributed by atoms with E-state index < -0.39 is 5.60 Å². The van der Waals surface area contributed by atoms with E-state index >= 15 is 0 Å². The van der Waals surface area contributed by atoms with Gasteiger partial charge in [-0.05, 0) is 43.4 Å². The standard InChI is InChI=1S/C15H23NO2/c1-14(2,3)12-10-16-8-7-11(12)9-13(17)18-15(4,5)6/h7-8,10H,9H2,1-6H3. The van der Waals surface area contributed by atoms with E-state index in [1.54, 1.807) is 6.20 Å². The molecule has 0 aliphatic heterocycles. The van der Waals surface area contributed by atoms with Crippen molar-refractivity contribution < 1.29 is 9.53 Å². The van der Waals surface area contributed by atoms with Crippen molar-refractivity contribution in [3.05, 3.63) is 29.6 Å². The lowest BCUT2D eigenvalue weighted by Gasteiger charge is -2.23. The lowest BCUT2D eigenvalue weighted by molar-refractivity contribution is -0.153. The quantitative estimate of drug-likeness (QED) is 0.755. The van der Waals surface area contributed by atoms with Crippen LogP contribution in [0.4, 0.5) is 0 Å². The molecule has 0 N–H and O–H groups in total. The molecule has 0 saturated heterocycles. The van der Waals surface area contributed by atoms with Crippen LogP contribution in [0.3, 0.4) is 0 Å². The number of aromatic nitrogens is 1. The Hall–Kier alpha value is -1.38. The summed E-state index contributed by atoms with van der Waals surface area (Å²) in [4.78, 5) is 16.0. The fourth-order valence-corrected chi connectivity index (χ4v) is 1.79. The van der Waals surface area contributed by atoms with Gasteiger partial charge in [0.25, 0.3) is 0 Å². The summed E-state index contributed by atoms with van der Waals surface area (Å²) in [5.74, 6) is -0.195. The minimum atomic E-state index is -0.438. The van der Waals surface area contributed by atoms with Crippen molar-refractivity contribution in [3.8, 4) is 0 Å². The second-order valence-electron chi connectivity index (χ2n) is 6.55. The van der Waals surface area contributed by atoms with Gasteiger partial charge in [0.2, 0.25) is 0 Å². The van der Waals surface area contributed by atoms with Crippen molar-refractivity contribution >= 4 is 5.97 Å². The molecule has 0 bridgehead atoms. The summed E-state index contributed by atoms with van der Waals surface area (Å²) in [5.41, 5.74) is 1.63. The molecule has 0 atom stereocenters. The van der Waals surface area contributed by atoms with Crippen LogP contribution in [0.5, 0.6) is 0 Å². The number of carbonyl (C=O) groups excluding carboxylic acids is 1. The zero-order valence-electron chi connectivity index (χ0n) is 12.2. The molecule has 0 saturated carbocycles. The van der Waals surface area contributed by atoms with Crippen molar-refractivity contribution in [1.29, 1.82) is 0 Å². The molecule has 0 aromatic carbocycles. The van der Waals surface area contributed by atoms with E-state index in [4.69, 9.17) is 4.74 Å². The molecule has 0 unspecified atom stereocenters. The third kappa shape index (κ3) is 4.47. The first-order chi connectivity index (χ1) is 8.09. The number of hydrogen-bond donors (Lipinski definition) is 0. The van der Waals surface area contributed by atoms with Crippen molar-refractivity contribution in [1.82, 2.24) is 4.98 Å². The van der Waals surface area contributed by atoms with E-state index in [0.717, 1.165) is 11.1 Å². The molecule has 1 rings (SSSR count). The van der Waals surface area contributed by atoms with Crippen LogP contribution in [0.25, 0.3) is 0 Å². The largest absolute Gasteiger partial charge is 0.460 e. The average Bonchev–Trinajstić information content (AvgIpc) is 2.13. The number of carbonyl (C=O) groups is 1. The van der Waals surface area contributed by atoms with Gasteiger partial charge in [-0.3, -0.25) is 9.78 Å². The highest BCUT2D eigenvalue weighted by Gasteiger charge is 2.22. The fraction of sp³-hybridized carbons (Fsp3) is 0.600. The van der Waals surface area contributed by atoms with Gasteiger partial charge in [-0.2, -0.15) is 0 Å². The smallest absolute Gasteiger partial charge is 0.310 e. The van der Waals surface area contributed by atoms with Gasteiger partial charge < -0.3 is 4.74 Å². The topological polar surface area (TPSA) is 39.2 Å². The number of nitrogens with zero attached hydrogens (tertiary/aromatic N) is 1. The molecule has 3 nitrogen and oxygen atoms in total. The maximum absolute atomic E-state index is 11.9. The molecule has 0 spiro atoms. The Bertz CT molecular complexity index is 425. The fourth-order valence-electron chi connectivity index (χ4n) is 1.79. The summed E-state index contributed by atoms with van der Waals surface area (Å²) in [6, 6.07) is 1.89. The van der Waals surface area contributed by atoms with E-state index in [9.17, 15) is 4.79 Å². The minimum Gasteiger partial charge on any atom is -0.460 e. The van der Waals surface area contributed by atoms with Crippen LogP contribution in [0.2, 0.25) is 0 Å². The monoisotopic (exact) mass is 249 g/mol. The average molecular weight is 249 g/mol.